The van der Waals surface area contributed by atoms with E-state index in [0.717, 1.165) is 35.1 Å². The molecule has 0 saturated heterocycles. The molecule has 0 heterocycles. The lowest BCUT2D eigenvalue weighted by molar-refractivity contribution is -0.0490. The quantitative estimate of drug-likeness (QED) is 0.803. The van der Waals surface area contributed by atoms with Gasteiger partial charge in [0.2, 0.25) is 0 Å². The van der Waals surface area contributed by atoms with Crippen molar-refractivity contribution in [2.75, 3.05) is 11.9 Å². The second-order valence-corrected chi connectivity index (χ2v) is 8.50. The van der Waals surface area contributed by atoms with Crippen LogP contribution in [0.15, 0.2) is 24.3 Å². The Bertz CT molecular complexity index is 545. The van der Waals surface area contributed by atoms with Crippen molar-refractivity contribution in [2.45, 2.75) is 45.4 Å². The third kappa shape index (κ3) is 2.88. The van der Waals surface area contributed by atoms with Crippen LogP contribution in [0.5, 0.6) is 0 Å². The van der Waals surface area contributed by atoms with Gasteiger partial charge < -0.3 is 10.6 Å². The number of nitrogens with one attached hydrogen (secondary N) is 2. The summed E-state index contributed by atoms with van der Waals surface area (Å²) in [5.41, 5.74) is 2.88. The molecule has 4 aliphatic rings. The van der Waals surface area contributed by atoms with Crippen molar-refractivity contribution >= 4 is 23.0 Å². The average molecular weight is 314 g/mol. The van der Waals surface area contributed by atoms with Crippen LogP contribution in [0.2, 0.25) is 0 Å². The highest BCUT2D eigenvalue weighted by Crippen LogP contribution is 2.59. The van der Waals surface area contributed by atoms with Gasteiger partial charge in [-0.2, -0.15) is 0 Å². The summed E-state index contributed by atoms with van der Waals surface area (Å²) >= 11 is 5.51. The van der Waals surface area contributed by atoms with Gasteiger partial charge in [-0.05, 0) is 98.5 Å². The predicted molar refractivity (Wildman–Crippen MR) is 96.0 cm³/mol. The summed E-state index contributed by atoms with van der Waals surface area (Å²) in [5, 5.41) is 7.64. The topological polar surface area (TPSA) is 24.1 Å². The first-order valence-corrected chi connectivity index (χ1v) is 9.13. The molecule has 0 amide bonds. The van der Waals surface area contributed by atoms with Crippen LogP contribution in [0.4, 0.5) is 5.69 Å². The van der Waals surface area contributed by atoms with Gasteiger partial charge in [-0.25, -0.2) is 0 Å². The van der Waals surface area contributed by atoms with Gasteiger partial charge in [0.15, 0.2) is 5.11 Å². The summed E-state index contributed by atoms with van der Waals surface area (Å²) in [7, 11) is 0. The Hall–Kier alpha value is -1.09. The summed E-state index contributed by atoms with van der Waals surface area (Å²) in [6.07, 6.45) is 8.80. The Morgan fingerprint density at radius 2 is 1.77 bits per heavy atom. The first-order valence-electron chi connectivity index (χ1n) is 8.72. The maximum absolute atomic E-state index is 5.51. The van der Waals surface area contributed by atoms with E-state index in [9.17, 15) is 0 Å². The summed E-state index contributed by atoms with van der Waals surface area (Å²) in [6.45, 7) is 3.17. The molecule has 5 rings (SSSR count). The second kappa shape index (κ2) is 5.52. The van der Waals surface area contributed by atoms with Gasteiger partial charge in [-0.3, -0.25) is 0 Å². The molecule has 3 heteroatoms. The van der Waals surface area contributed by atoms with Crippen molar-refractivity contribution in [3.8, 4) is 0 Å². The van der Waals surface area contributed by atoms with E-state index in [1.54, 1.807) is 0 Å². The fourth-order valence-corrected chi connectivity index (χ4v) is 5.86. The van der Waals surface area contributed by atoms with Crippen molar-refractivity contribution in [2.24, 2.45) is 23.2 Å². The molecule has 0 spiro atoms. The Morgan fingerprint density at radius 1 is 1.14 bits per heavy atom. The van der Waals surface area contributed by atoms with Crippen molar-refractivity contribution in [3.63, 3.8) is 0 Å². The molecule has 1 aromatic rings. The van der Waals surface area contributed by atoms with E-state index in [1.807, 2.05) is 0 Å². The lowest BCUT2D eigenvalue weighted by Crippen LogP contribution is -2.51. The van der Waals surface area contributed by atoms with Crippen LogP contribution in [0, 0.1) is 30.1 Å². The molecule has 4 bridgehead atoms. The van der Waals surface area contributed by atoms with E-state index in [-0.39, 0.29) is 0 Å². The summed E-state index contributed by atoms with van der Waals surface area (Å²) < 4.78 is 0. The number of thiocarbonyl (C=S) groups is 1. The van der Waals surface area contributed by atoms with Crippen molar-refractivity contribution in [3.05, 3.63) is 29.8 Å². The van der Waals surface area contributed by atoms with Crippen LogP contribution in [-0.4, -0.2) is 11.7 Å². The highest BCUT2D eigenvalue weighted by Gasteiger charge is 2.50. The van der Waals surface area contributed by atoms with Crippen molar-refractivity contribution < 1.29 is 0 Å². The molecule has 118 valence electrons. The molecule has 0 aromatic heterocycles. The highest BCUT2D eigenvalue weighted by atomic mass is 32.1. The smallest absolute Gasteiger partial charge is 0.170 e. The van der Waals surface area contributed by atoms with E-state index >= 15 is 0 Å². The molecule has 4 aliphatic carbocycles. The molecule has 0 radical (unpaired) electrons. The third-order valence-corrected chi connectivity index (χ3v) is 6.31. The summed E-state index contributed by atoms with van der Waals surface area (Å²) in [5.74, 6) is 3.02. The van der Waals surface area contributed by atoms with Crippen LogP contribution < -0.4 is 10.6 Å². The van der Waals surface area contributed by atoms with Gasteiger partial charge in [0, 0.05) is 12.2 Å². The minimum atomic E-state index is 0.535. The molecular formula is C19H26N2S. The Labute approximate surface area is 139 Å². The van der Waals surface area contributed by atoms with E-state index in [0.29, 0.717) is 5.41 Å². The maximum Gasteiger partial charge on any atom is 0.170 e. The third-order valence-electron chi connectivity index (χ3n) is 6.06. The van der Waals surface area contributed by atoms with E-state index in [2.05, 4.69) is 41.8 Å². The molecule has 0 aliphatic heterocycles. The van der Waals surface area contributed by atoms with Crippen LogP contribution in [0.1, 0.15) is 44.1 Å². The van der Waals surface area contributed by atoms with Gasteiger partial charge in [0.25, 0.3) is 0 Å². The number of hydrogen-bond donors (Lipinski definition) is 2. The van der Waals surface area contributed by atoms with Gasteiger partial charge >= 0.3 is 0 Å². The molecule has 0 atom stereocenters. The standard InChI is InChI=1S/C19H26N2S/c1-13-3-2-4-17(5-13)21-18(22)20-12-19-9-14-6-15(10-19)8-16(7-14)11-19/h2-5,14-16H,6-12H2,1H3,(H2,20,21,22). The zero-order valence-electron chi connectivity index (χ0n) is 13.4. The van der Waals surface area contributed by atoms with Crippen LogP contribution in [0.25, 0.3) is 0 Å². The minimum absolute atomic E-state index is 0.535. The Kier molecular flexibility index (Phi) is 3.64. The van der Waals surface area contributed by atoms with Crippen LogP contribution >= 0.6 is 12.2 Å². The molecule has 2 N–H and O–H groups in total. The molecule has 4 fully saturated rings. The molecule has 1 aromatic carbocycles. The normalized spacial score (nSPS) is 35.4. The van der Waals surface area contributed by atoms with Gasteiger partial charge in [-0.15, -0.1) is 0 Å². The minimum Gasteiger partial charge on any atom is -0.362 e. The second-order valence-electron chi connectivity index (χ2n) is 8.09. The number of aryl methyl sites for hydroxylation is 1. The molecular weight excluding hydrogens is 288 g/mol. The average Bonchev–Trinajstić information content (AvgIpc) is 2.44. The number of benzene rings is 1. The van der Waals surface area contributed by atoms with Crippen LogP contribution in [0.3, 0.4) is 0 Å². The molecule has 22 heavy (non-hydrogen) atoms. The first-order chi connectivity index (χ1) is 10.6. The lowest BCUT2D eigenvalue weighted by Gasteiger charge is -2.57. The number of anilines is 1. The fourth-order valence-electron chi connectivity index (χ4n) is 5.67. The summed E-state index contributed by atoms with van der Waals surface area (Å²) in [6, 6.07) is 8.39. The SMILES string of the molecule is Cc1cccc(NC(=S)NCC23CC4CC(CC(C4)C2)C3)c1. The van der Waals surface area contributed by atoms with E-state index in [1.165, 1.54) is 44.1 Å². The van der Waals surface area contributed by atoms with Crippen molar-refractivity contribution in [1.82, 2.24) is 5.32 Å². The van der Waals surface area contributed by atoms with Gasteiger partial charge in [-0.1, -0.05) is 12.1 Å². The van der Waals surface area contributed by atoms with Gasteiger partial charge in [0.1, 0.15) is 0 Å². The lowest BCUT2D eigenvalue weighted by atomic mass is 9.49. The van der Waals surface area contributed by atoms with E-state index < -0.39 is 0 Å². The largest absolute Gasteiger partial charge is 0.362 e. The Balaban J connectivity index is 1.35. The fraction of sp³-hybridized carbons (Fsp3) is 0.632. The zero-order chi connectivity index (χ0) is 15.2. The summed E-state index contributed by atoms with van der Waals surface area (Å²) in [4.78, 5) is 0. The Morgan fingerprint density at radius 3 is 2.36 bits per heavy atom. The molecule has 2 nitrogen and oxygen atoms in total. The molecule has 0 unspecified atom stereocenters. The first kappa shape index (κ1) is 14.5. The number of rotatable bonds is 3. The van der Waals surface area contributed by atoms with Crippen LogP contribution in [-0.2, 0) is 0 Å². The van der Waals surface area contributed by atoms with Crippen molar-refractivity contribution in [1.29, 1.82) is 0 Å². The maximum atomic E-state index is 5.51. The molecule has 4 saturated carbocycles. The highest BCUT2D eigenvalue weighted by molar-refractivity contribution is 7.80. The van der Waals surface area contributed by atoms with E-state index in [4.69, 9.17) is 12.2 Å². The van der Waals surface area contributed by atoms with Gasteiger partial charge in [0.05, 0.1) is 0 Å². The number of hydrogen-bond acceptors (Lipinski definition) is 1. The predicted octanol–water partition coefficient (Wildman–Crippen LogP) is 4.50. The zero-order valence-corrected chi connectivity index (χ0v) is 14.2. The monoisotopic (exact) mass is 314 g/mol.